The lowest BCUT2D eigenvalue weighted by atomic mass is 10.1. The molecule has 1 unspecified atom stereocenters. The molecule has 0 spiro atoms. The van der Waals surface area contributed by atoms with Gasteiger partial charge in [0.25, 0.3) is 5.91 Å². The number of benzene rings is 2. The summed E-state index contributed by atoms with van der Waals surface area (Å²) in [7, 11) is -3.59. The first-order valence-corrected chi connectivity index (χ1v) is 12.0. The van der Waals surface area contributed by atoms with Gasteiger partial charge in [0.15, 0.2) is 0 Å². The van der Waals surface area contributed by atoms with Crippen LogP contribution in [0.2, 0.25) is 0 Å². The van der Waals surface area contributed by atoms with E-state index in [4.69, 9.17) is 4.42 Å². The van der Waals surface area contributed by atoms with E-state index in [2.05, 4.69) is 15.5 Å². The smallest absolute Gasteiger partial charge is 0.322 e. The number of nitrogens with one attached hydrogen (secondary N) is 1. The minimum absolute atomic E-state index is 0.0242. The van der Waals surface area contributed by atoms with Crippen LogP contribution in [0, 0.1) is 13.8 Å². The Morgan fingerprint density at radius 3 is 2.53 bits per heavy atom. The Labute approximate surface area is 187 Å². The fourth-order valence-electron chi connectivity index (χ4n) is 3.95. The first-order valence-electron chi connectivity index (χ1n) is 10.6. The van der Waals surface area contributed by atoms with E-state index < -0.39 is 15.9 Å². The van der Waals surface area contributed by atoms with E-state index in [9.17, 15) is 13.2 Å². The third-order valence-corrected chi connectivity index (χ3v) is 7.75. The molecule has 1 aromatic heterocycles. The summed E-state index contributed by atoms with van der Waals surface area (Å²) in [6.07, 6.45) is 2.75. The van der Waals surface area contributed by atoms with Crippen molar-refractivity contribution in [3.63, 3.8) is 0 Å². The monoisotopic (exact) mass is 454 g/mol. The minimum atomic E-state index is -3.59. The van der Waals surface area contributed by atoms with Crippen LogP contribution in [0.4, 0.5) is 6.01 Å². The number of rotatable bonds is 5. The molecule has 1 atom stereocenters. The molecule has 8 nitrogen and oxygen atoms in total. The molecule has 0 bridgehead atoms. The Kier molecular flexibility index (Phi) is 6.12. The molecular formula is C23H26N4O4S. The number of carbonyl (C=O) groups is 1. The summed E-state index contributed by atoms with van der Waals surface area (Å²) in [5, 5.41) is 10.5. The van der Waals surface area contributed by atoms with E-state index in [-0.39, 0.29) is 17.0 Å². The number of piperidine rings is 1. The van der Waals surface area contributed by atoms with Crippen molar-refractivity contribution in [1.82, 2.24) is 14.5 Å². The quantitative estimate of drug-likeness (QED) is 0.620. The summed E-state index contributed by atoms with van der Waals surface area (Å²) in [4.78, 5) is 12.8. The molecule has 1 aliphatic heterocycles. The highest BCUT2D eigenvalue weighted by atomic mass is 32.2. The van der Waals surface area contributed by atoms with E-state index in [1.54, 1.807) is 4.31 Å². The zero-order valence-electron chi connectivity index (χ0n) is 18.3. The van der Waals surface area contributed by atoms with Gasteiger partial charge in [0, 0.05) is 23.7 Å². The van der Waals surface area contributed by atoms with Crippen molar-refractivity contribution in [3.8, 4) is 11.5 Å². The summed E-state index contributed by atoms with van der Waals surface area (Å²) >= 11 is 0. The van der Waals surface area contributed by atoms with Gasteiger partial charge in [-0.3, -0.25) is 10.1 Å². The molecule has 0 aliphatic carbocycles. The number of sulfonamides is 1. The molecule has 1 N–H and O–H groups in total. The summed E-state index contributed by atoms with van der Waals surface area (Å²) in [5.41, 5.74) is 3.21. The lowest BCUT2D eigenvalue weighted by Gasteiger charge is -2.32. The molecule has 1 fully saturated rings. The van der Waals surface area contributed by atoms with Crippen LogP contribution < -0.4 is 5.32 Å². The molecule has 9 heteroatoms. The number of amides is 1. The highest BCUT2D eigenvalue weighted by Crippen LogP contribution is 2.26. The maximum atomic E-state index is 12.9. The van der Waals surface area contributed by atoms with Crippen molar-refractivity contribution in [2.45, 2.75) is 51.0 Å². The van der Waals surface area contributed by atoms with Crippen molar-refractivity contribution < 1.29 is 17.6 Å². The highest BCUT2D eigenvalue weighted by molar-refractivity contribution is 7.89. The van der Waals surface area contributed by atoms with Gasteiger partial charge in [-0.15, -0.1) is 5.10 Å². The SMILES string of the molecule is Cc1ccc(-c2nnc(NC(=O)c3ccc(S(=O)(=O)N4CCCCC4C)cc3)o2)c(C)c1. The Morgan fingerprint density at radius 2 is 1.84 bits per heavy atom. The molecule has 1 aliphatic rings. The molecule has 3 aromatic rings. The summed E-state index contributed by atoms with van der Waals surface area (Å²) in [5.74, 6) is -0.147. The van der Waals surface area contributed by atoms with Gasteiger partial charge in [-0.05, 0) is 69.5 Å². The molecule has 0 saturated carbocycles. The molecule has 0 radical (unpaired) electrons. The number of hydrogen-bond acceptors (Lipinski definition) is 6. The van der Waals surface area contributed by atoms with Crippen LogP contribution >= 0.6 is 0 Å². The predicted octanol–water partition coefficient (Wildman–Crippen LogP) is 4.17. The molecule has 2 heterocycles. The zero-order valence-corrected chi connectivity index (χ0v) is 19.1. The average molecular weight is 455 g/mol. The Balaban J connectivity index is 1.47. The summed E-state index contributed by atoms with van der Waals surface area (Å²) < 4.78 is 33.0. The first kappa shape index (κ1) is 22.2. The molecule has 2 aromatic carbocycles. The number of aryl methyl sites for hydroxylation is 2. The van der Waals surface area contributed by atoms with Gasteiger partial charge in [0.2, 0.25) is 15.9 Å². The molecule has 1 saturated heterocycles. The maximum Gasteiger partial charge on any atom is 0.322 e. The van der Waals surface area contributed by atoms with Crippen molar-refractivity contribution in [2.24, 2.45) is 0 Å². The zero-order chi connectivity index (χ0) is 22.9. The Morgan fingerprint density at radius 1 is 1.09 bits per heavy atom. The first-order chi connectivity index (χ1) is 15.3. The molecule has 32 heavy (non-hydrogen) atoms. The third kappa shape index (κ3) is 4.44. The number of aromatic nitrogens is 2. The van der Waals surface area contributed by atoms with Crippen LogP contribution in [-0.4, -0.2) is 41.4 Å². The van der Waals surface area contributed by atoms with Gasteiger partial charge in [0.05, 0.1) is 4.90 Å². The van der Waals surface area contributed by atoms with E-state index in [1.807, 2.05) is 39.0 Å². The second kappa shape index (κ2) is 8.84. The lowest BCUT2D eigenvalue weighted by Crippen LogP contribution is -2.41. The normalized spacial score (nSPS) is 17.3. The minimum Gasteiger partial charge on any atom is -0.403 e. The molecule has 1 amide bonds. The highest BCUT2D eigenvalue weighted by Gasteiger charge is 2.31. The summed E-state index contributed by atoms with van der Waals surface area (Å²) in [6, 6.07) is 11.7. The molecular weight excluding hydrogens is 428 g/mol. The summed E-state index contributed by atoms with van der Waals surface area (Å²) in [6.45, 7) is 6.39. The second-order valence-corrected chi connectivity index (χ2v) is 10.1. The van der Waals surface area contributed by atoms with Crippen molar-refractivity contribution >= 4 is 21.9 Å². The third-order valence-electron chi connectivity index (χ3n) is 5.72. The van der Waals surface area contributed by atoms with E-state index in [0.717, 1.165) is 36.0 Å². The standard InChI is InChI=1S/C23H26N4O4S/c1-15-7-12-20(16(2)14-15)22-25-26-23(31-22)24-21(28)18-8-10-19(11-9-18)32(29,30)27-13-5-4-6-17(27)3/h7-12,14,17H,4-6,13H2,1-3H3,(H,24,26,28). The van der Waals surface area contributed by atoms with Crippen LogP contribution in [0.5, 0.6) is 0 Å². The fourth-order valence-corrected chi connectivity index (χ4v) is 5.65. The van der Waals surface area contributed by atoms with E-state index in [1.165, 1.54) is 24.3 Å². The van der Waals surface area contributed by atoms with Crippen molar-refractivity contribution in [2.75, 3.05) is 11.9 Å². The van der Waals surface area contributed by atoms with Crippen LogP contribution in [0.1, 0.15) is 47.7 Å². The number of carbonyl (C=O) groups excluding carboxylic acids is 1. The number of anilines is 1. The van der Waals surface area contributed by atoms with Crippen LogP contribution in [0.3, 0.4) is 0 Å². The van der Waals surface area contributed by atoms with Gasteiger partial charge < -0.3 is 4.42 Å². The molecule has 168 valence electrons. The van der Waals surface area contributed by atoms with Crippen LogP contribution in [0.15, 0.2) is 51.8 Å². The second-order valence-electron chi connectivity index (χ2n) is 8.17. The lowest BCUT2D eigenvalue weighted by molar-refractivity contribution is 0.102. The Hall–Kier alpha value is -3.04. The fraction of sp³-hybridized carbons (Fsp3) is 0.348. The van der Waals surface area contributed by atoms with Crippen LogP contribution in [0.25, 0.3) is 11.5 Å². The van der Waals surface area contributed by atoms with Crippen LogP contribution in [-0.2, 0) is 10.0 Å². The van der Waals surface area contributed by atoms with Gasteiger partial charge in [-0.25, -0.2) is 8.42 Å². The van der Waals surface area contributed by atoms with E-state index >= 15 is 0 Å². The van der Waals surface area contributed by atoms with Gasteiger partial charge in [0.1, 0.15) is 0 Å². The van der Waals surface area contributed by atoms with Gasteiger partial charge >= 0.3 is 6.01 Å². The molecule has 4 rings (SSSR count). The van der Waals surface area contributed by atoms with Gasteiger partial charge in [-0.2, -0.15) is 4.31 Å². The largest absolute Gasteiger partial charge is 0.403 e. The average Bonchev–Trinajstić information content (AvgIpc) is 3.22. The van der Waals surface area contributed by atoms with E-state index in [0.29, 0.717) is 18.0 Å². The maximum absolute atomic E-state index is 12.9. The Bertz CT molecular complexity index is 1240. The van der Waals surface area contributed by atoms with Crippen molar-refractivity contribution in [1.29, 1.82) is 0 Å². The van der Waals surface area contributed by atoms with Gasteiger partial charge in [-0.1, -0.05) is 29.2 Å². The number of nitrogens with zero attached hydrogens (tertiary/aromatic N) is 3. The van der Waals surface area contributed by atoms with Crippen molar-refractivity contribution in [3.05, 3.63) is 59.2 Å². The predicted molar refractivity (Wildman–Crippen MR) is 121 cm³/mol. The topological polar surface area (TPSA) is 105 Å². The number of hydrogen-bond donors (Lipinski definition) is 1.